The first-order valence-corrected chi connectivity index (χ1v) is 12.1. The number of hydrogen-bond acceptors (Lipinski definition) is 5. The summed E-state index contributed by atoms with van der Waals surface area (Å²) in [6.45, 7) is 4.03. The van der Waals surface area contributed by atoms with Crippen molar-refractivity contribution in [3.63, 3.8) is 0 Å². The number of thioether (sulfide) groups is 1. The maximum Gasteiger partial charge on any atom is 0.262 e. The fraction of sp³-hybridized carbons (Fsp3) is 0.125. The molecule has 4 rings (SSSR count). The van der Waals surface area contributed by atoms with E-state index in [1.807, 2.05) is 47.8 Å². The zero-order chi connectivity index (χ0) is 22.5. The second-order valence-electron chi connectivity index (χ2n) is 6.98. The molecule has 0 radical (unpaired) electrons. The molecule has 162 valence electrons. The van der Waals surface area contributed by atoms with Gasteiger partial charge in [-0.25, -0.2) is 4.98 Å². The lowest BCUT2D eigenvalue weighted by molar-refractivity contribution is -0.119. The van der Waals surface area contributed by atoms with Crippen LogP contribution in [-0.4, -0.2) is 21.2 Å². The third kappa shape index (κ3) is 4.96. The Morgan fingerprint density at radius 2 is 2.03 bits per heavy atom. The Morgan fingerprint density at radius 3 is 2.75 bits per heavy atom. The summed E-state index contributed by atoms with van der Waals surface area (Å²) < 4.78 is 1.52. The molecule has 32 heavy (non-hydrogen) atoms. The van der Waals surface area contributed by atoms with Crippen molar-refractivity contribution < 1.29 is 4.79 Å². The van der Waals surface area contributed by atoms with Crippen LogP contribution in [0.4, 0.5) is 0 Å². The molecule has 5 nitrogen and oxygen atoms in total. The standard InChI is InChI=1S/C24H20ClN3O2S2/c1-2-12-28-23(30)18-11-10-17(25)14-19(18)26-24(28)32-15-21(29)27-22(20-9-6-13-31-20)16-7-4-3-5-8-16/h2-11,13-14,22H,1,12,15H2,(H,27,29)/t22-/m1/s1. The van der Waals surface area contributed by atoms with Crippen molar-refractivity contribution in [2.75, 3.05) is 5.75 Å². The van der Waals surface area contributed by atoms with Gasteiger partial charge in [0, 0.05) is 16.4 Å². The number of nitrogens with one attached hydrogen (secondary N) is 1. The Kier molecular flexibility index (Phi) is 7.09. The third-order valence-corrected chi connectivity index (χ3v) is 6.94. The molecule has 0 saturated heterocycles. The second kappa shape index (κ2) is 10.2. The molecule has 0 spiro atoms. The number of benzene rings is 2. The van der Waals surface area contributed by atoms with Crippen molar-refractivity contribution in [2.24, 2.45) is 0 Å². The van der Waals surface area contributed by atoms with E-state index >= 15 is 0 Å². The Labute approximate surface area is 198 Å². The number of aromatic nitrogens is 2. The summed E-state index contributed by atoms with van der Waals surface area (Å²) in [4.78, 5) is 31.5. The van der Waals surface area contributed by atoms with Gasteiger partial charge in [0.1, 0.15) is 0 Å². The molecule has 0 aliphatic carbocycles. The van der Waals surface area contributed by atoms with E-state index < -0.39 is 0 Å². The molecule has 2 aromatic carbocycles. The summed E-state index contributed by atoms with van der Waals surface area (Å²) in [6.07, 6.45) is 1.64. The molecule has 2 heterocycles. The molecule has 8 heteroatoms. The predicted molar refractivity (Wildman–Crippen MR) is 133 cm³/mol. The van der Waals surface area contributed by atoms with Crippen LogP contribution in [0, 0.1) is 0 Å². The summed E-state index contributed by atoms with van der Waals surface area (Å²) in [7, 11) is 0. The Bertz CT molecular complexity index is 1300. The number of halogens is 1. The minimum Gasteiger partial charge on any atom is -0.344 e. The van der Waals surface area contributed by atoms with Crippen molar-refractivity contribution in [3.05, 3.63) is 105 Å². The number of carbonyl (C=O) groups excluding carboxylic acids is 1. The molecular formula is C24H20ClN3O2S2. The molecule has 1 N–H and O–H groups in total. The first kappa shape index (κ1) is 22.3. The van der Waals surface area contributed by atoms with Crippen LogP contribution in [-0.2, 0) is 11.3 Å². The summed E-state index contributed by atoms with van der Waals surface area (Å²) >= 11 is 8.89. The van der Waals surface area contributed by atoms with E-state index in [0.29, 0.717) is 27.6 Å². The lowest BCUT2D eigenvalue weighted by atomic mass is 10.1. The summed E-state index contributed by atoms with van der Waals surface area (Å²) in [5.74, 6) is -0.0347. The normalized spacial score (nSPS) is 11.9. The van der Waals surface area contributed by atoms with E-state index in [-0.39, 0.29) is 23.3 Å². The van der Waals surface area contributed by atoms with Crippen LogP contribution < -0.4 is 10.9 Å². The van der Waals surface area contributed by atoms with E-state index in [2.05, 4.69) is 16.9 Å². The zero-order valence-electron chi connectivity index (χ0n) is 17.0. The second-order valence-corrected chi connectivity index (χ2v) is 9.33. The summed E-state index contributed by atoms with van der Waals surface area (Å²) in [5, 5.41) is 6.53. The van der Waals surface area contributed by atoms with Crippen LogP contribution in [0.2, 0.25) is 5.02 Å². The quantitative estimate of drug-likeness (QED) is 0.211. The number of carbonyl (C=O) groups is 1. The first-order valence-electron chi connectivity index (χ1n) is 9.88. The fourth-order valence-electron chi connectivity index (χ4n) is 3.33. The van der Waals surface area contributed by atoms with Crippen LogP contribution in [0.5, 0.6) is 0 Å². The van der Waals surface area contributed by atoms with Gasteiger partial charge >= 0.3 is 0 Å². The summed E-state index contributed by atoms with van der Waals surface area (Å²) in [6, 6.07) is 18.6. The molecule has 0 aliphatic heterocycles. The number of amides is 1. The van der Waals surface area contributed by atoms with Gasteiger partial charge in [-0.15, -0.1) is 17.9 Å². The van der Waals surface area contributed by atoms with E-state index in [0.717, 1.165) is 10.4 Å². The highest BCUT2D eigenvalue weighted by atomic mass is 35.5. The van der Waals surface area contributed by atoms with Crippen molar-refractivity contribution in [3.8, 4) is 0 Å². The molecule has 4 aromatic rings. The van der Waals surface area contributed by atoms with Gasteiger partial charge in [-0.05, 0) is 35.2 Å². The highest BCUT2D eigenvalue weighted by Gasteiger charge is 2.19. The zero-order valence-corrected chi connectivity index (χ0v) is 19.4. The van der Waals surface area contributed by atoms with E-state index in [1.165, 1.54) is 16.3 Å². The van der Waals surface area contributed by atoms with Crippen LogP contribution in [0.15, 0.2) is 88.6 Å². The van der Waals surface area contributed by atoms with E-state index in [1.54, 1.807) is 35.6 Å². The molecule has 2 aromatic heterocycles. The van der Waals surface area contributed by atoms with Gasteiger partial charge in [-0.1, -0.05) is 65.8 Å². The Balaban J connectivity index is 1.57. The number of hydrogen-bond donors (Lipinski definition) is 1. The predicted octanol–water partition coefficient (Wildman–Crippen LogP) is 5.30. The molecule has 0 bridgehead atoms. The van der Waals surface area contributed by atoms with Gasteiger partial charge in [0.15, 0.2) is 5.16 Å². The van der Waals surface area contributed by atoms with Crippen molar-refractivity contribution in [1.82, 2.24) is 14.9 Å². The highest BCUT2D eigenvalue weighted by molar-refractivity contribution is 7.99. The lowest BCUT2D eigenvalue weighted by Gasteiger charge is -2.18. The van der Waals surface area contributed by atoms with Gasteiger partial charge in [-0.2, -0.15) is 0 Å². The molecule has 0 aliphatic rings. The van der Waals surface area contributed by atoms with Crippen LogP contribution in [0.1, 0.15) is 16.5 Å². The summed E-state index contributed by atoms with van der Waals surface area (Å²) in [5.41, 5.74) is 1.33. The van der Waals surface area contributed by atoms with E-state index in [4.69, 9.17) is 11.6 Å². The van der Waals surface area contributed by atoms with Gasteiger partial charge in [0.2, 0.25) is 5.91 Å². The number of nitrogens with zero attached hydrogens (tertiary/aromatic N) is 2. The number of thiophene rings is 1. The van der Waals surface area contributed by atoms with Gasteiger partial charge in [0.05, 0.1) is 22.7 Å². The maximum atomic E-state index is 12.9. The van der Waals surface area contributed by atoms with E-state index in [9.17, 15) is 9.59 Å². The van der Waals surface area contributed by atoms with Gasteiger partial charge in [0.25, 0.3) is 5.56 Å². The largest absolute Gasteiger partial charge is 0.344 e. The molecular weight excluding hydrogens is 462 g/mol. The van der Waals surface area contributed by atoms with Crippen LogP contribution in [0.25, 0.3) is 10.9 Å². The molecule has 1 atom stereocenters. The monoisotopic (exact) mass is 481 g/mol. The first-order chi connectivity index (χ1) is 15.6. The lowest BCUT2D eigenvalue weighted by Crippen LogP contribution is -2.30. The number of fused-ring (bicyclic) bond motifs is 1. The van der Waals surface area contributed by atoms with Gasteiger partial charge < -0.3 is 5.32 Å². The minimum atomic E-state index is -0.233. The van der Waals surface area contributed by atoms with Crippen molar-refractivity contribution in [1.29, 1.82) is 0 Å². The SMILES string of the molecule is C=CCn1c(SCC(=O)N[C@H](c2ccccc2)c2cccs2)nc2cc(Cl)ccc2c1=O. The topological polar surface area (TPSA) is 64.0 Å². The highest BCUT2D eigenvalue weighted by Crippen LogP contribution is 2.26. The molecule has 1 amide bonds. The average Bonchev–Trinajstić information content (AvgIpc) is 3.33. The van der Waals surface area contributed by atoms with Gasteiger partial charge in [-0.3, -0.25) is 14.2 Å². The third-order valence-electron chi connectivity index (χ3n) is 4.79. The number of allylic oxidation sites excluding steroid dienone is 1. The fourth-order valence-corrected chi connectivity index (χ4v) is 5.12. The molecule has 0 unspecified atom stereocenters. The molecule has 0 fully saturated rings. The number of rotatable bonds is 8. The Hall–Kier alpha value is -2.87. The Morgan fingerprint density at radius 1 is 1.22 bits per heavy atom. The van der Waals surface area contributed by atoms with Crippen molar-refractivity contribution >= 4 is 51.5 Å². The van der Waals surface area contributed by atoms with Crippen LogP contribution >= 0.6 is 34.7 Å². The smallest absolute Gasteiger partial charge is 0.262 e. The maximum absolute atomic E-state index is 12.9. The average molecular weight is 482 g/mol. The molecule has 0 saturated carbocycles. The van der Waals surface area contributed by atoms with Crippen LogP contribution in [0.3, 0.4) is 0 Å². The minimum absolute atomic E-state index is 0.115. The van der Waals surface area contributed by atoms with Crippen molar-refractivity contribution in [2.45, 2.75) is 17.7 Å².